The second-order valence-corrected chi connectivity index (χ2v) is 6.61. The zero-order valence-corrected chi connectivity index (χ0v) is 13.1. The Balaban J connectivity index is 1.69. The molecule has 1 amide bonds. The Hall–Kier alpha value is -1.88. The van der Waals surface area contributed by atoms with Crippen LogP contribution in [-0.4, -0.2) is 16.7 Å². The fourth-order valence-corrected chi connectivity index (χ4v) is 3.94. The van der Waals surface area contributed by atoms with Crippen molar-refractivity contribution in [3.8, 4) is 0 Å². The van der Waals surface area contributed by atoms with Gasteiger partial charge in [-0.1, -0.05) is 6.92 Å². The number of thiophene rings is 1. The number of carbonyl (C=O) groups is 1. The highest BCUT2D eigenvalue weighted by atomic mass is 32.1. The predicted octanol–water partition coefficient (Wildman–Crippen LogP) is 2.98. The largest absolute Gasteiger partial charge is 0.350 e. The molecule has 2 heterocycles. The maximum atomic E-state index is 12.2. The lowest BCUT2D eigenvalue weighted by atomic mass is 9.88. The van der Waals surface area contributed by atoms with E-state index >= 15 is 0 Å². The number of carbonyl (C=O) groups excluding carboxylic acids is 1. The maximum absolute atomic E-state index is 12.2. The number of nitrogens with one attached hydrogen (secondary N) is 1. The molecule has 0 unspecified atom stereocenters. The Morgan fingerprint density at radius 3 is 3.19 bits per heavy atom. The van der Waals surface area contributed by atoms with Crippen LogP contribution >= 0.6 is 11.3 Å². The van der Waals surface area contributed by atoms with Crippen molar-refractivity contribution in [3.63, 3.8) is 0 Å². The number of hydrazone groups is 1. The van der Waals surface area contributed by atoms with Crippen LogP contribution in [0.5, 0.6) is 0 Å². The van der Waals surface area contributed by atoms with Gasteiger partial charge in [0.25, 0.3) is 5.91 Å². The lowest BCUT2D eigenvalue weighted by Crippen LogP contribution is -2.20. The molecule has 1 aliphatic rings. The highest BCUT2D eigenvalue weighted by Crippen LogP contribution is 2.32. The molecule has 5 heteroatoms. The van der Waals surface area contributed by atoms with Crippen LogP contribution in [0.2, 0.25) is 0 Å². The summed E-state index contributed by atoms with van der Waals surface area (Å²) in [7, 11) is 1.94. The highest BCUT2D eigenvalue weighted by Gasteiger charge is 2.22. The zero-order valence-electron chi connectivity index (χ0n) is 12.3. The lowest BCUT2D eigenvalue weighted by molar-refractivity contribution is 0.0954. The number of hydrogen-bond acceptors (Lipinski definition) is 3. The summed E-state index contributed by atoms with van der Waals surface area (Å²) >= 11 is 1.70. The third-order valence-electron chi connectivity index (χ3n) is 3.99. The molecule has 1 atom stereocenters. The van der Waals surface area contributed by atoms with Crippen LogP contribution in [-0.2, 0) is 19.9 Å². The standard InChI is InChI=1S/C16H19N3OS/c1-11-5-6-13-14(10-21-15(13)8-11)16(20)18-17-9-12-4-3-7-19(12)2/h3-4,7,9-11H,5-6,8H2,1-2H3,(H,18,20)/b17-9-/t11-/m0/s1. The van der Waals surface area contributed by atoms with E-state index in [0.717, 1.165) is 36.4 Å². The van der Waals surface area contributed by atoms with Gasteiger partial charge in [0.15, 0.2) is 0 Å². The van der Waals surface area contributed by atoms with Crippen molar-refractivity contribution in [1.29, 1.82) is 0 Å². The first-order valence-corrected chi connectivity index (χ1v) is 8.07. The van der Waals surface area contributed by atoms with Crippen molar-refractivity contribution in [3.05, 3.63) is 45.4 Å². The van der Waals surface area contributed by atoms with Crippen molar-refractivity contribution < 1.29 is 4.79 Å². The Bertz CT molecular complexity index is 684. The van der Waals surface area contributed by atoms with Gasteiger partial charge in [0.05, 0.1) is 17.5 Å². The fourth-order valence-electron chi connectivity index (χ4n) is 2.69. The summed E-state index contributed by atoms with van der Waals surface area (Å²) in [5.41, 5.74) is 5.61. The molecule has 3 rings (SSSR count). The van der Waals surface area contributed by atoms with Crippen LogP contribution in [0.4, 0.5) is 0 Å². The molecule has 0 saturated heterocycles. The lowest BCUT2D eigenvalue weighted by Gasteiger charge is -2.18. The maximum Gasteiger partial charge on any atom is 0.272 e. The summed E-state index contributed by atoms with van der Waals surface area (Å²) in [6.07, 6.45) is 6.87. The van der Waals surface area contributed by atoms with Gasteiger partial charge >= 0.3 is 0 Å². The average Bonchev–Trinajstić information content (AvgIpc) is 3.05. The molecule has 0 spiro atoms. The minimum atomic E-state index is -0.104. The van der Waals surface area contributed by atoms with E-state index in [2.05, 4.69) is 17.5 Å². The molecule has 2 aromatic heterocycles. The Kier molecular flexibility index (Phi) is 3.92. The molecule has 0 aliphatic heterocycles. The van der Waals surface area contributed by atoms with Crippen LogP contribution in [0.15, 0.2) is 28.8 Å². The Morgan fingerprint density at radius 1 is 1.57 bits per heavy atom. The summed E-state index contributed by atoms with van der Waals surface area (Å²) in [5, 5.41) is 6.02. The molecule has 0 fully saturated rings. The van der Waals surface area contributed by atoms with E-state index < -0.39 is 0 Å². The minimum Gasteiger partial charge on any atom is -0.350 e. The van der Waals surface area contributed by atoms with Gasteiger partial charge in [0, 0.05) is 23.5 Å². The predicted molar refractivity (Wildman–Crippen MR) is 86.0 cm³/mol. The summed E-state index contributed by atoms with van der Waals surface area (Å²) in [4.78, 5) is 13.6. The molecule has 110 valence electrons. The van der Waals surface area contributed by atoms with Gasteiger partial charge in [-0.15, -0.1) is 11.3 Å². The van der Waals surface area contributed by atoms with Gasteiger partial charge in [-0.3, -0.25) is 4.79 Å². The van der Waals surface area contributed by atoms with E-state index in [9.17, 15) is 4.79 Å². The third kappa shape index (κ3) is 2.93. The van der Waals surface area contributed by atoms with Crippen molar-refractivity contribution in [2.75, 3.05) is 0 Å². The second kappa shape index (κ2) is 5.85. The monoisotopic (exact) mass is 301 g/mol. The van der Waals surface area contributed by atoms with Crippen molar-refractivity contribution in [2.45, 2.75) is 26.2 Å². The smallest absolute Gasteiger partial charge is 0.272 e. The van der Waals surface area contributed by atoms with E-state index in [0.29, 0.717) is 0 Å². The van der Waals surface area contributed by atoms with Gasteiger partial charge in [0.1, 0.15) is 0 Å². The Morgan fingerprint density at radius 2 is 2.43 bits per heavy atom. The number of hydrogen-bond donors (Lipinski definition) is 1. The molecule has 0 aromatic carbocycles. The van der Waals surface area contributed by atoms with Crippen LogP contribution in [0.3, 0.4) is 0 Å². The summed E-state index contributed by atoms with van der Waals surface area (Å²) in [5.74, 6) is 0.620. The van der Waals surface area contributed by atoms with Gasteiger partial charge in [-0.25, -0.2) is 5.43 Å². The van der Waals surface area contributed by atoms with Gasteiger partial charge < -0.3 is 4.57 Å². The average molecular weight is 301 g/mol. The molecule has 21 heavy (non-hydrogen) atoms. The number of rotatable bonds is 3. The third-order valence-corrected chi connectivity index (χ3v) is 5.04. The van der Waals surface area contributed by atoms with Crippen LogP contribution in [0, 0.1) is 5.92 Å². The molecular weight excluding hydrogens is 282 g/mol. The molecule has 0 bridgehead atoms. The van der Waals surface area contributed by atoms with Crippen molar-refractivity contribution in [2.24, 2.45) is 18.1 Å². The summed E-state index contributed by atoms with van der Waals surface area (Å²) in [6.45, 7) is 2.27. The first kappa shape index (κ1) is 14.1. The summed E-state index contributed by atoms with van der Waals surface area (Å²) < 4.78 is 1.95. The van der Waals surface area contributed by atoms with Gasteiger partial charge in [-0.05, 0) is 42.9 Å². The van der Waals surface area contributed by atoms with E-state index in [1.807, 2.05) is 35.3 Å². The SMILES string of the molecule is C[C@H]1CCc2c(C(=O)N/N=C\c3cccn3C)csc2C1. The van der Waals surface area contributed by atoms with Crippen LogP contribution < -0.4 is 5.43 Å². The number of amides is 1. The van der Waals surface area contributed by atoms with Crippen LogP contribution in [0.25, 0.3) is 0 Å². The van der Waals surface area contributed by atoms with Crippen molar-refractivity contribution >= 4 is 23.5 Å². The molecule has 1 N–H and O–H groups in total. The van der Waals surface area contributed by atoms with E-state index in [4.69, 9.17) is 0 Å². The molecule has 0 radical (unpaired) electrons. The zero-order chi connectivity index (χ0) is 14.8. The van der Waals surface area contributed by atoms with E-state index in [1.54, 1.807) is 17.6 Å². The van der Waals surface area contributed by atoms with Gasteiger partial charge in [0.2, 0.25) is 0 Å². The topological polar surface area (TPSA) is 46.4 Å². The van der Waals surface area contributed by atoms with Crippen molar-refractivity contribution in [1.82, 2.24) is 9.99 Å². The highest BCUT2D eigenvalue weighted by molar-refractivity contribution is 7.10. The normalized spacial score (nSPS) is 17.9. The first-order valence-electron chi connectivity index (χ1n) is 7.19. The molecular formula is C16H19N3OS. The minimum absolute atomic E-state index is 0.104. The van der Waals surface area contributed by atoms with Crippen LogP contribution in [0.1, 0.15) is 39.8 Å². The Labute approximate surface area is 128 Å². The molecule has 4 nitrogen and oxygen atoms in total. The first-order chi connectivity index (χ1) is 10.1. The number of nitrogens with zero attached hydrogens (tertiary/aromatic N) is 2. The number of fused-ring (bicyclic) bond motifs is 1. The quantitative estimate of drug-likeness (QED) is 0.687. The van der Waals surface area contributed by atoms with Gasteiger partial charge in [-0.2, -0.15) is 5.10 Å². The molecule has 2 aromatic rings. The fraction of sp³-hybridized carbons (Fsp3) is 0.375. The number of aromatic nitrogens is 1. The number of aryl methyl sites for hydroxylation is 1. The second-order valence-electron chi connectivity index (χ2n) is 5.64. The molecule has 1 aliphatic carbocycles. The molecule has 0 saturated carbocycles. The van der Waals surface area contributed by atoms with E-state index in [-0.39, 0.29) is 5.91 Å². The summed E-state index contributed by atoms with van der Waals surface area (Å²) in [6, 6.07) is 3.89. The van der Waals surface area contributed by atoms with E-state index in [1.165, 1.54) is 10.4 Å².